The molecular formula is C19H21N3S2. The molecule has 0 amide bonds. The quantitative estimate of drug-likeness (QED) is 0.552. The van der Waals surface area contributed by atoms with Gasteiger partial charge in [0, 0.05) is 22.2 Å². The van der Waals surface area contributed by atoms with Gasteiger partial charge in [-0.05, 0) is 47.9 Å². The van der Waals surface area contributed by atoms with Crippen molar-refractivity contribution in [1.82, 2.24) is 0 Å². The van der Waals surface area contributed by atoms with E-state index >= 15 is 0 Å². The summed E-state index contributed by atoms with van der Waals surface area (Å²) < 4.78 is 0. The Morgan fingerprint density at radius 3 is 1.50 bits per heavy atom. The second kappa shape index (κ2) is 10.1. The Bertz CT molecular complexity index is 643. The fraction of sp³-hybridized carbons (Fsp3) is 0.211. The van der Waals surface area contributed by atoms with Crippen molar-refractivity contribution in [3.63, 3.8) is 0 Å². The second-order valence-electron chi connectivity index (χ2n) is 5.09. The van der Waals surface area contributed by atoms with Gasteiger partial charge in [-0.3, -0.25) is 9.98 Å². The predicted molar refractivity (Wildman–Crippen MR) is 109 cm³/mol. The molecule has 0 atom stereocenters. The van der Waals surface area contributed by atoms with Gasteiger partial charge in [-0.2, -0.15) is 0 Å². The molecule has 0 aromatic heterocycles. The van der Waals surface area contributed by atoms with Crippen LogP contribution in [-0.2, 0) is 0 Å². The fourth-order valence-corrected chi connectivity index (χ4v) is 2.77. The minimum Gasteiger partial charge on any atom is -0.306 e. The Morgan fingerprint density at radius 2 is 1.17 bits per heavy atom. The zero-order chi connectivity index (χ0) is 17.2. The number of hydrogen-bond donors (Lipinski definition) is 1. The van der Waals surface area contributed by atoms with E-state index in [9.17, 15) is 0 Å². The largest absolute Gasteiger partial charge is 0.306 e. The first-order chi connectivity index (χ1) is 11.7. The molecule has 0 fully saturated rings. The second-order valence-corrected chi connectivity index (χ2v) is 6.85. The molecule has 5 heteroatoms. The first kappa shape index (κ1) is 18.5. The van der Waals surface area contributed by atoms with Gasteiger partial charge in [-0.15, -0.1) is 23.5 Å². The summed E-state index contributed by atoms with van der Waals surface area (Å²) in [6, 6.07) is 16.4. The van der Waals surface area contributed by atoms with Gasteiger partial charge in [-0.25, -0.2) is 0 Å². The molecule has 2 aromatic rings. The number of thioether (sulfide) groups is 2. The summed E-state index contributed by atoms with van der Waals surface area (Å²) >= 11 is 3.44. The van der Waals surface area contributed by atoms with Crippen molar-refractivity contribution >= 4 is 41.7 Å². The SMILES string of the molecule is CSc1ccc(C=NCC(=N)CN=Cc2ccc(SC)cc2)cc1. The van der Waals surface area contributed by atoms with Gasteiger partial charge in [0.15, 0.2) is 0 Å². The van der Waals surface area contributed by atoms with Gasteiger partial charge in [0.1, 0.15) is 0 Å². The lowest BCUT2D eigenvalue weighted by molar-refractivity contribution is 1.17. The number of hydrogen-bond acceptors (Lipinski definition) is 5. The highest BCUT2D eigenvalue weighted by Crippen LogP contribution is 2.14. The number of rotatable bonds is 8. The van der Waals surface area contributed by atoms with Crippen LogP contribution < -0.4 is 0 Å². The zero-order valence-electron chi connectivity index (χ0n) is 13.9. The molecule has 0 aliphatic rings. The molecular weight excluding hydrogens is 334 g/mol. The fourth-order valence-electron chi connectivity index (χ4n) is 1.95. The van der Waals surface area contributed by atoms with Crippen molar-refractivity contribution in [2.45, 2.75) is 9.79 Å². The molecule has 0 radical (unpaired) electrons. The first-order valence-corrected chi connectivity index (χ1v) is 10.0. The highest BCUT2D eigenvalue weighted by Gasteiger charge is 1.95. The third-order valence-electron chi connectivity index (χ3n) is 3.28. The van der Waals surface area contributed by atoms with Crippen molar-refractivity contribution in [2.75, 3.05) is 25.6 Å². The normalized spacial score (nSPS) is 11.4. The van der Waals surface area contributed by atoms with Crippen LogP contribution in [0.2, 0.25) is 0 Å². The van der Waals surface area contributed by atoms with Crippen LogP contribution in [0.15, 0.2) is 68.3 Å². The topological polar surface area (TPSA) is 48.6 Å². The van der Waals surface area contributed by atoms with Crippen molar-refractivity contribution in [1.29, 1.82) is 5.41 Å². The molecule has 0 aliphatic carbocycles. The molecule has 24 heavy (non-hydrogen) atoms. The van der Waals surface area contributed by atoms with Crippen molar-refractivity contribution in [2.24, 2.45) is 9.98 Å². The predicted octanol–water partition coefficient (Wildman–Crippen LogP) is 4.69. The summed E-state index contributed by atoms with van der Waals surface area (Å²) in [6.45, 7) is 0.764. The van der Waals surface area contributed by atoms with Gasteiger partial charge < -0.3 is 5.41 Å². The summed E-state index contributed by atoms with van der Waals surface area (Å²) in [4.78, 5) is 11.1. The first-order valence-electron chi connectivity index (χ1n) is 7.55. The Labute approximate surface area is 152 Å². The standard InChI is InChI=1S/C19H21N3S2/c1-23-18-7-3-15(4-8-18)11-21-13-17(20)14-22-12-16-5-9-19(24-2)10-6-16/h3-12,20H,13-14H2,1-2H3. The summed E-state index contributed by atoms with van der Waals surface area (Å²) in [7, 11) is 0. The minimum absolute atomic E-state index is 0.382. The molecule has 0 spiro atoms. The molecule has 2 aromatic carbocycles. The molecule has 0 unspecified atom stereocenters. The highest BCUT2D eigenvalue weighted by atomic mass is 32.2. The van der Waals surface area contributed by atoms with E-state index in [1.54, 1.807) is 23.5 Å². The highest BCUT2D eigenvalue weighted by molar-refractivity contribution is 7.98. The van der Waals surface area contributed by atoms with Gasteiger partial charge in [0.05, 0.1) is 18.8 Å². The van der Waals surface area contributed by atoms with Gasteiger partial charge in [-0.1, -0.05) is 24.3 Å². The van der Waals surface area contributed by atoms with E-state index in [0.29, 0.717) is 18.8 Å². The molecule has 0 aliphatic heterocycles. The van der Waals surface area contributed by atoms with Gasteiger partial charge in [0.2, 0.25) is 0 Å². The van der Waals surface area contributed by atoms with E-state index in [4.69, 9.17) is 5.41 Å². The molecule has 0 saturated heterocycles. The average molecular weight is 356 g/mol. The Hall–Kier alpha value is -1.85. The maximum absolute atomic E-state index is 7.91. The lowest BCUT2D eigenvalue weighted by Gasteiger charge is -1.98. The number of nitrogens with one attached hydrogen (secondary N) is 1. The molecule has 2 rings (SSSR count). The van der Waals surface area contributed by atoms with Crippen molar-refractivity contribution in [3.8, 4) is 0 Å². The Kier molecular flexibility index (Phi) is 7.79. The van der Waals surface area contributed by atoms with Crippen LogP contribution in [0, 0.1) is 5.41 Å². The number of aliphatic imine (C=N–C) groups is 2. The van der Waals surface area contributed by atoms with E-state index in [-0.39, 0.29) is 0 Å². The van der Waals surface area contributed by atoms with E-state index in [2.05, 4.69) is 46.8 Å². The van der Waals surface area contributed by atoms with Crippen LogP contribution >= 0.6 is 23.5 Å². The van der Waals surface area contributed by atoms with Crippen LogP contribution in [0.25, 0.3) is 0 Å². The average Bonchev–Trinajstić information content (AvgIpc) is 2.63. The van der Waals surface area contributed by atoms with Gasteiger partial charge >= 0.3 is 0 Å². The van der Waals surface area contributed by atoms with Crippen LogP contribution in [0.4, 0.5) is 0 Å². The van der Waals surface area contributed by atoms with E-state index in [1.807, 2.05) is 36.7 Å². The van der Waals surface area contributed by atoms with Crippen LogP contribution in [0.1, 0.15) is 11.1 Å². The maximum atomic E-state index is 7.91. The van der Waals surface area contributed by atoms with Crippen molar-refractivity contribution < 1.29 is 0 Å². The number of benzene rings is 2. The molecule has 3 nitrogen and oxygen atoms in total. The van der Waals surface area contributed by atoms with E-state index in [1.165, 1.54) is 9.79 Å². The maximum Gasteiger partial charge on any atom is 0.0784 e. The van der Waals surface area contributed by atoms with E-state index in [0.717, 1.165) is 11.1 Å². The molecule has 1 N–H and O–H groups in total. The Balaban J connectivity index is 1.77. The lowest BCUT2D eigenvalue weighted by Crippen LogP contribution is -2.06. The monoisotopic (exact) mass is 355 g/mol. The molecule has 0 heterocycles. The van der Waals surface area contributed by atoms with Crippen LogP contribution in [-0.4, -0.2) is 43.7 Å². The summed E-state index contributed by atoms with van der Waals surface area (Å²) in [6.07, 6.45) is 7.73. The molecule has 124 valence electrons. The third kappa shape index (κ3) is 6.34. The minimum atomic E-state index is 0.382. The van der Waals surface area contributed by atoms with Gasteiger partial charge in [0.25, 0.3) is 0 Å². The lowest BCUT2D eigenvalue weighted by atomic mass is 10.2. The third-order valence-corrected chi connectivity index (χ3v) is 4.76. The zero-order valence-corrected chi connectivity index (χ0v) is 15.5. The van der Waals surface area contributed by atoms with Crippen LogP contribution in [0.5, 0.6) is 0 Å². The summed E-state index contributed by atoms with van der Waals surface area (Å²) in [5.74, 6) is 0. The molecule has 0 bridgehead atoms. The Morgan fingerprint density at radius 1 is 0.792 bits per heavy atom. The smallest absolute Gasteiger partial charge is 0.0784 e. The molecule has 0 saturated carbocycles. The summed E-state index contributed by atoms with van der Waals surface area (Å²) in [5.41, 5.74) is 2.61. The summed E-state index contributed by atoms with van der Waals surface area (Å²) in [5, 5.41) is 7.91. The van der Waals surface area contributed by atoms with Crippen LogP contribution in [0.3, 0.4) is 0 Å². The van der Waals surface area contributed by atoms with E-state index < -0.39 is 0 Å². The number of nitrogens with zero attached hydrogens (tertiary/aromatic N) is 2. The van der Waals surface area contributed by atoms with Crippen molar-refractivity contribution in [3.05, 3.63) is 59.7 Å².